The van der Waals surface area contributed by atoms with Crippen LogP contribution in [0.3, 0.4) is 0 Å². The van der Waals surface area contributed by atoms with Gasteiger partial charge in [-0.3, -0.25) is 9.59 Å². The third-order valence-corrected chi connectivity index (χ3v) is 5.72. The number of ether oxygens (including phenoxy) is 1. The normalized spacial score (nSPS) is 11.9. The number of carboxylic acid groups (broad SMARTS) is 1. The zero-order chi connectivity index (χ0) is 23.7. The molecule has 0 aliphatic rings. The van der Waals surface area contributed by atoms with Crippen molar-refractivity contribution in [1.29, 1.82) is 0 Å². The highest BCUT2D eigenvalue weighted by Gasteiger charge is 2.39. The minimum atomic E-state index is -1.20. The van der Waals surface area contributed by atoms with Crippen molar-refractivity contribution in [2.75, 3.05) is 7.11 Å². The van der Waals surface area contributed by atoms with Crippen molar-refractivity contribution in [1.82, 2.24) is 5.32 Å². The molecule has 3 aromatic rings. The number of aliphatic carboxylic acids is 1. The van der Waals surface area contributed by atoms with E-state index in [1.54, 1.807) is 0 Å². The summed E-state index contributed by atoms with van der Waals surface area (Å²) in [6.07, 6.45) is -0.162. The van der Waals surface area contributed by atoms with Crippen LogP contribution in [-0.4, -0.2) is 36.1 Å². The maximum absolute atomic E-state index is 13.3. The van der Waals surface area contributed by atoms with Gasteiger partial charge >= 0.3 is 11.9 Å². The molecule has 1 atom stereocenters. The summed E-state index contributed by atoms with van der Waals surface area (Å²) in [7, 11) is 1.24. The Morgan fingerprint density at radius 1 is 0.818 bits per heavy atom. The topological polar surface area (TPSA) is 92.7 Å². The Balaban J connectivity index is 2.02. The minimum Gasteiger partial charge on any atom is -0.480 e. The van der Waals surface area contributed by atoms with Crippen LogP contribution < -0.4 is 5.32 Å². The second-order valence-electron chi connectivity index (χ2n) is 7.75. The molecule has 0 fully saturated rings. The average Bonchev–Trinajstić information content (AvgIpc) is 2.86. The van der Waals surface area contributed by atoms with Gasteiger partial charge in [-0.2, -0.15) is 0 Å². The van der Waals surface area contributed by atoms with Gasteiger partial charge in [0.25, 0.3) is 0 Å². The van der Waals surface area contributed by atoms with Gasteiger partial charge in [0.15, 0.2) is 0 Å². The molecule has 170 valence electrons. The molecule has 6 heteroatoms. The number of methoxy groups -OCH3 is 1. The Kier molecular flexibility index (Phi) is 7.97. The molecule has 0 aromatic heterocycles. The molecule has 0 spiro atoms. The third kappa shape index (κ3) is 5.66. The number of rotatable bonds is 10. The zero-order valence-electron chi connectivity index (χ0n) is 18.4. The van der Waals surface area contributed by atoms with Crippen LogP contribution >= 0.6 is 0 Å². The lowest BCUT2D eigenvalue weighted by Gasteiger charge is -2.36. The van der Waals surface area contributed by atoms with E-state index in [0.717, 1.165) is 16.7 Å². The van der Waals surface area contributed by atoms with E-state index in [1.807, 2.05) is 91.0 Å². The molecular formula is C27H27NO5. The Labute approximate surface area is 193 Å². The van der Waals surface area contributed by atoms with Gasteiger partial charge in [-0.05, 0) is 23.1 Å². The van der Waals surface area contributed by atoms with Crippen LogP contribution in [0.25, 0.3) is 0 Å². The Morgan fingerprint density at radius 3 is 1.61 bits per heavy atom. The number of benzene rings is 3. The van der Waals surface area contributed by atoms with Crippen LogP contribution in [0.1, 0.15) is 36.0 Å². The van der Waals surface area contributed by atoms with E-state index >= 15 is 0 Å². The standard InChI is InChI=1S/C27H27NO5/c1-33-25(30)18-17-23(26(31)32)28-24(29)19-27(20-11-5-2-6-12-20,21-13-7-3-8-14-21)22-15-9-4-10-16-22/h2-16,23H,17-19H2,1H3,(H,28,29)(H,31,32)/t23-/m0/s1. The lowest BCUT2D eigenvalue weighted by molar-refractivity contribution is -0.144. The largest absolute Gasteiger partial charge is 0.480 e. The van der Waals surface area contributed by atoms with E-state index in [1.165, 1.54) is 7.11 Å². The SMILES string of the molecule is COC(=O)CC[C@H](NC(=O)CC(c1ccccc1)(c1ccccc1)c1ccccc1)C(=O)O. The molecule has 0 saturated heterocycles. The summed E-state index contributed by atoms with van der Waals surface area (Å²) < 4.78 is 4.59. The molecule has 3 aromatic carbocycles. The van der Waals surface area contributed by atoms with E-state index in [0.29, 0.717) is 0 Å². The fraction of sp³-hybridized carbons (Fsp3) is 0.222. The zero-order valence-corrected chi connectivity index (χ0v) is 18.4. The van der Waals surface area contributed by atoms with Gasteiger partial charge in [-0.25, -0.2) is 4.79 Å². The van der Waals surface area contributed by atoms with Crippen LogP contribution in [0.2, 0.25) is 0 Å². The van der Waals surface area contributed by atoms with Gasteiger partial charge in [-0.15, -0.1) is 0 Å². The van der Waals surface area contributed by atoms with Crippen LogP contribution in [0, 0.1) is 0 Å². The van der Waals surface area contributed by atoms with Crippen LogP contribution in [0.15, 0.2) is 91.0 Å². The molecule has 33 heavy (non-hydrogen) atoms. The van der Waals surface area contributed by atoms with Crippen molar-refractivity contribution in [3.05, 3.63) is 108 Å². The molecule has 3 rings (SSSR count). The second-order valence-corrected chi connectivity index (χ2v) is 7.75. The van der Waals surface area contributed by atoms with Gasteiger partial charge in [-0.1, -0.05) is 91.0 Å². The summed E-state index contributed by atoms with van der Waals surface area (Å²) in [5, 5.41) is 12.2. The second kappa shape index (κ2) is 11.1. The van der Waals surface area contributed by atoms with E-state index in [4.69, 9.17) is 0 Å². The first-order chi connectivity index (χ1) is 16.0. The van der Waals surface area contributed by atoms with Crippen LogP contribution in [0.4, 0.5) is 0 Å². The highest BCUT2D eigenvalue weighted by molar-refractivity contribution is 5.86. The van der Waals surface area contributed by atoms with E-state index in [9.17, 15) is 19.5 Å². The van der Waals surface area contributed by atoms with Crippen molar-refractivity contribution in [2.45, 2.75) is 30.7 Å². The van der Waals surface area contributed by atoms with Crippen molar-refractivity contribution in [2.24, 2.45) is 0 Å². The number of nitrogens with one attached hydrogen (secondary N) is 1. The fourth-order valence-electron chi connectivity index (χ4n) is 4.08. The molecular weight excluding hydrogens is 418 g/mol. The highest BCUT2D eigenvalue weighted by atomic mass is 16.5. The molecule has 0 bridgehead atoms. The number of carbonyl (C=O) groups is 3. The van der Waals surface area contributed by atoms with Gasteiger partial charge in [0, 0.05) is 12.8 Å². The summed E-state index contributed by atoms with van der Waals surface area (Å²) in [5.74, 6) is -2.15. The van der Waals surface area contributed by atoms with Crippen molar-refractivity contribution < 1.29 is 24.2 Å². The predicted molar refractivity (Wildman–Crippen MR) is 125 cm³/mol. The van der Waals surface area contributed by atoms with Gasteiger partial charge in [0.2, 0.25) is 5.91 Å². The maximum atomic E-state index is 13.3. The predicted octanol–water partition coefficient (Wildman–Crippen LogP) is 3.93. The summed E-state index contributed by atoms with van der Waals surface area (Å²) in [4.78, 5) is 36.5. The van der Waals surface area contributed by atoms with E-state index in [-0.39, 0.29) is 19.3 Å². The summed E-state index contributed by atoms with van der Waals surface area (Å²) in [6, 6.07) is 27.9. The fourth-order valence-corrected chi connectivity index (χ4v) is 4.08. The van der Waals surface area contributed by atoms with Gasteiger partial charge in [0.05, 0.1) is 12.5 Å². The molecule has 0 saturated carbocycles. The van der Waals surface area contributed by atoms with Crippen molar-refractivity contribution in [3.8, 4) is 0 Å². The third-order valence-electron chi connectivity index (χ3n) is 5.72. The maximum Gasteiger partial charge on any atom is 0.326 e. The first-order valence-electron chi connectivity index (χ1n) is 10.7. The smallest absolute Gasteiger partial charge is 0.326 e. The first kappa shape index (κ1) is 23.7. The average molecular weight is 446 g/mol. The lowest BCUT2D eigenvalue weighted by atomic mass is 9.67. The van der Waals surface area contributed by atoms with Crippen molar-refractivity contribution in [3.63, 3.8) is 0 Å². The number of hydrogen-bond acceptors (Lipinski definition) is 4. The molecule has 0 heterocycles. The Hall–Kier alpha value is -3.93. The monoisotopic (exact) mass is 445 g/mol. The first-order valence-corrected chi connectivity index (χ1v) is 10.7. The summed E-state index contributed by atoms with van der Waals surface area (Å²) in [6.45, 7) is 0. The summed E-state index contributed by atoms with van der Waals surface area (Å²) >= 11 is 0. The molecule has 0 aliphatic heterocycles. The van der Waals surface area contributed by atoms with Gasteiger partial charge < -0.3 is 15.2 Å². The molecule has 0 unspecified atom stereocenters. The van der Waals surface area contributed by atoms with Crippen LogP contribution in [-0.2, 0) is 24.5 Å². The highest BCUT2D eigenvalue weighted by Crippen LogP contribution is 2.42. The number of carboxylic acids is 1. The number of carbonyl (C=O) groups excluding carboxylic acids is 2. The van der Waals surface area contributed by atoms with Crippen molar-refractivity contribution >= 4 is 17.8 Å². The van der Waals surface area contributed by atoms with E-state index in [2.05, 4.69) is 10.1 Å². The number of amides is 1. The minimum absolute atomic E-state index is 0.00690. The van der Waals surface area contributed by atoms with E-state index < -0.39 is 29.3 Å². The molecule has 2 N–H and O–H groups in total. The molecule has 0 radical (unpaired) electrons. The number of esters is 1. The molecule has 6 nitrogen and oxygen atoms in total. The molecule has 0 aliphatic carbocycles. The quantitative estimate of drug-likeness (QED) is 0.364. The Bertz CT molecular complexity index is 971. The number of hydrogen-bond donors (Lipinski definition) is 2. The van der Waals surface area contributed by atoms with Gasteiger partial charge in [0.1, 0.15) is 6.04 Å². The Morgan fingerprint density at radius 2 is 1.24 bits per heavy atom. The summed E-state index contributed by atoms with van der Waals surface area (Å²) in [5.41, 5.74) is 1.91. The van der Waals surface area contributed by atoms with Crippen LogP contribution in [0.5, 0.6) is 0 Å². The lowest BCUT2D eigenvalue weighted by Crippen LogP contribution is -2.44. The molecule has 1 amide bonds.